The van der Waals surface area contributed by atoms with Crippen LogP contribution in [0.25, 0.3) is 11.1 Å². The molecule has 0 atom stereocenters. The van der Waals surface area contributed by atoms with Crippen molar-refractivity contribution in [2.24, 2.45) is 0 Å². The monoisotopic (exact) mass is 631 g/mol. The summed E-state index contributed by atoms with van der Waals surface area (Å²) in [5.74, 6) is -0.142. The Kier molecular flexibility index (Phi) is 8.74. The highest BCUT2D eigenvalue weighted by atomic mass is 19.4. The second-order valence-corrected chi connectivity index (χ2v) is 12.0. The second kappa shape index (κ2) is 12.6. The van der Waals surface area contributed by atoms with Crippen molar-refractivity contribution >= 4 is 11.6 Å². The van der Waals surface area contributed by atoms with Gasteiger partial charge in [0.15, 0.2) is 0 Å². The summed E-state index contributed by atoms with van der Waals surface area (Å²) < 4.78 is 87.6. The van der Waals surface area contributed by atoms with Crippen molar-refractivity contribution in [3.63, 3.8) is 0 Å². The van der Waals surface area contributed by atoms with Crippen molar-refractivity contribution in [3.05, 3.63) is 82.9 Å². The van der Waals surface area contributed by atoms with Crippen LogP contribution in [0.15, 0.2) is 60.7 Å². The molecular weight excluding hydrogens is 596 g/mol. The predicted molar refractivity (Wildman–Crippen MR) is 159 cm³/mol. The summed E-state index contributed by atoms with van der Waals surface area (Å²) in [6.45, 7) is 3.93. The summed E-state index contributed by atoms with van der Waals surface area (Å²) >= 11 is 0. The number of carbonyl (C=O) groups excluding carboxylic acids is 1. The average molecular weight is 632 g/mol. The zero-order valence-electron chi connectivity index (χ0n) is 24.8. The van der Waals surface area contributed by atoms with E-state index in [-0.39, 0.29) is 30.3 Å². The third-order valence-corrected chi connectivity index (χ3v) is 9.01. The number of hydrogen-bond donors (Lipinski definition) is 0. The molecule has 0 aromatic heterocycles. The number of amides is 1. The Morgan fingerprint density at radius 2 is 1.40 bits per heavy atom. The Balaban J connectivity index is 1.35. The van der Waals surface area contributed by atoms with Gasteiger partial charge in [-0.05, 0) is 80.6 Å². The maximum atomic E-state index is 14.2. The molecule has 2 saturated heterocycles. The van der Waals surface area contributed by atoms with Crippen LogP contribution in [0.5, 0.6) is 5.75 Å². The number of ether oxygens (including phenoxy) is 1. The molecule has 3 aromatic carbocycles. The molecule has 0 aliphatic carbocycles. The fraction of sp³-hybridized carbons (Fsp3) is 0.441. The maximum absolute atomic E-state index is 14.2. The van der Waals surface area contributed by atoms with Crippen molar-refractivity contribution in [1.82, 2.24) is 9.80 Å². The van der Waals surface area contributed by atoms with Gasteiger partial charge in [-0.2, -0.15) is 26.3 Å². The normalized spacial score (nSPS) is 18.8. The van der Waals surface area contributed by atoms with Gasteiger partial charge in [0, 0.05) is 49.5 Å². The molecule has 3 heterocycles. The molecule has 2 fully saturated rings. The molecular formula is C34H35F6N3O2. The van der Waals surface area contributed by atoms with Crippen LogP contribution in [-0.2, 0) is 18.9 Å². The lowest BCUT2D eigenvalue weighted by Crippen LogP contribution is -2.44. The first-order valence-corrected chi connectivity index (χ1v) is 15.4. The highest BCUT2D eigenvalue weighted by molar-refractivity contribution is 6.04. The summed E-state index contributed by atoms with van der Waals surface area (Å²) in [6, 6.07) is 15.1. The Hall–Kier alpha value is -3.73. The second-order valence-electron chi connectivity index (χ2n) is 12.0. The van der Waals surface area contributed by atoms with Crippen LogP contribution < -0.4 is 9.64 Å². The molecule has 6 rings (SSSR count). The lowest BCUT2D eigenvalue weighted by atomic mass is 9.95. The van der Waals surface area contributed by atoms with Gasteiger partial charge < -0.3 is 19.4 Å². The molecule has 3 aromatic rings. The topological polar surface area (TPSA) is 36.0 Å². The Bertz CT molecular complexity index is 1480. The number of nitrogens with zero attached hydrogens (tertiary/aromatic N) is 3. The third-order valence-electron chi connectivity index (χ3n) is 9.01. The summed E-state index contributed by atoms with van der Waals surface area (Å²) in [6.07, 6.45) is -5.05. The van der Waals surface area contributed by atoms with Gasteiger partial charge in [0.05, 0.1) is 23.3 Å². The van der Waals surface area contributed by atoms with Crippen LogP contribution in [0.2, 0.25) is 0 Å². The summed E-state index contributed by atoms with van der Waals surface area (Å²) in [7, 11) is 0. The number of alkyl halides is 6. The fourth-order valence-electron chi connectivity index (χ4n) is 6.74. The molecule has 0 unspecified atom stereocenters. The summed E-state index contributed by atoms with van der Waals surface area (Å²) in [4.78, 5) is 20.4. The zero-order valence-corrected chi connectivity index (χ0v) is 24.8. The maximum Gasteiger partial charge on any atom is 0.416 e. The van der Waals surface area contributed by atoms with E-state index in [9.17, 15) is 31.1 Å². The van der Waals surface area contributed by atoms with E-state index in [0.29, 0.717) is 35.9 Å². The lowest BCUT2D eigenvalue weighted by molar-refractivity contribution is -0.143. The van der Waals surface area contributed by atoms with Crippen molar-refractivity contribution < 1.29 is 35.9 Å². The number of fused-ring (bicyclic) bond motifs is 1. The zero-order chi connectivity index (χ0) is 31.8. The van der Waals surface area contributed by atoms with Crippen LogP contribution in [0.1, 0.15) is 59.2 Å². The molecule has 0 saturated carbocycles. The number of carbonyl (C=O) groups is 1. The van der Waals surface area contributed by atoms with Gasteiger partial charge >= 0.3 is 12.4 Å². The number of rotatable bonds is 5. The Labute approximate surface area is 258 Å². The number of benzene rings is 3. The van der Waals surface area contributed by atoms with Crippen molar-refractivity contribution in [1.29, 1.82) is 0 Å². The Morgan fingerprint density at radius 3 is 2.02 bits per heavy atom. The number of hydrogen-bond acceptors (Lipinski definition) is 4. The van der Waals surface area contributed by atoms with Gasteiger partial charge in [-0.15, -0.1) is 0 Å². The molecule has 0 spiro atoms. The lowest BCUT2D eigenvalue weighted by Gasteiger charge is -2.38. The minimum atomic E-state index is -4.98. The van der Waals surface area contributed by atoms with E-state index in [1.54, 1.807) is 0 Å². The van der Waals surface area contributed by atoms with Crippen LogP contribution >= 0.6 is 0 Å². The molecule has 1 amide bonds. The standard InChI is InChI=1S/C34H35F6N3O2/c35-33(36,37)25-17-23(18-26(19-25)34(38,39)40)22-43-13-6-16-45-30-21-28(42-14-9-27(10-15-42)41-11-4-5-12-41)20-29(31(30)32(43)44)24-7-2-1-3-8-24/h1-3,7-8,17-21,27H,4-6,9-16,22H2. The van der Waals surface area contributed by atoms with Crippen LogP contribution in [-0.4, -0.2) is 61.1 Å². The van der Waals surface area contributed by atoms with Gasteiger partial charge in [0.2, 0.25) is 0 Å². The predicted octanol–water partition coefficient (Wildman–Crippen LogP) is 7.88. The smallest absolute Gasteiger partial charge is 0.416 e. The van der Waals surface area contributed by atoms with Crippen LogP contribution in [0.4, 0.5) is 32.0 Å². The minimum Gasteiger partial charge on any atom is -0.493 e. The van der Waals surface area contributed by atoms with Gasteiger partial charge in [-0.1, -0.05) is 30.3 Å². The fourth-order valence-corrected chi connectivity index (χ4v) is 6.74. The van der Waals surface area contributed by atoms with Crippen molar-refractivity contribution in [2.75, 3.05) is 44.2 Å². The van der Waals surface area contributed by atoms with E-state index in [1.807, 2.05) is 42.5 Å². The molecule has 5 nitrogen and oxygen atoms in total. The van der Waals surface area contributed by atoms with Crippen LogP contribution in [0, 0.1) is 0 Å². The minimum absolute atomic E-state index is 0.102. The molecule has 45 heavy (non-hydrogen) atoms. The molecule has 0 radical (unpaired) electrons. The number of likely N-dealkylation sites (tertiary alicyclic amines) is 1. The van der Waals surface area contributed by atoms with E-state index >= 15 is 0 Å². The van der Waals surface area contributed by atoms with Gasteiger partial charge in [0.25, 0.3) is 5.91 Å². The van der Waals surface area contributed by atoms with Crippen LogP contribution in [0.3, 0.4) is 0 Å². The number of anilines is 1. The van der Waals surface area contributed by atoms with E-state index in [2.05, 4.69) is 9.80 Å². The average Bonchev–Trinajstić information content (AvgIpc) is 3.56. The molecule has 3 aliphatic rings. The first-order valence-electron chi connectivity index (χ1n) is 15.4. The molecule has 0 N–H and O–H groups in total. The van der Waals surface area contributed by atoms with E-state index in [0.717, 1.165) is 50.3 Å². The highest BCUT2D eigenvalue weighted by Gasteiger charge is 2.37. The largest absolute Gasteiger partial charge is 0.493 e. The molecule has 240 valence electrons. The van der Waals surface area contributed by atoms with Gasteiger partial charge in [-0.25, -0.2) is 0 Å². The molecule has 3 aliphatic heterocycles. The SMILES string of the molecule is O=C1c2c(cc(N3CCC(N4CCCC4)CC3)cc2-c2ccccc2)OCCCN1Cc1cc(C(F)(F)F)cc(C(F)(F)F)c1. The Morgan fingerprint density at radius 1 is 0.756 bits per heavy atom. The first-order chi connectivity index (χ1) is 21.5. The third kappa shape index (κ3) is 6.93. The van der Waals surface area contributed by atoms with Crippen molar-refractivity contribution in [2.45, 2.75) is 57.0 Å². The number of piperidine rings is 1. The highest BCUT2D eigenvalue weighted by Crippen LogP contribution is 2.40. The molecule has 11 heteroatoms. The van der Waals surface area contributed by atoms with E-state index in [1.165, 1.54) is 17.7 Å². The van der Waals surface area contributed by atoms with E-state index < -0.39 is 35.9 Å². The summed E-state index contributed by atoms with van der Waals surface area (Å²) in [5, 5.41) is 0. The summed E-state index contributed by atoms with van der Waals surface area (Å²) in [5.41, 5.74) is -0.510. The quantitative estimate of drug-likeness (QED) is 0.269. The van der Waals surface area contributed by atoms with Gasteiger partial charge in [0.1, 0.15) is 5.75 Å². The molecule has 0 bridgehead atoms. The number of halogens is 6. The van der Waals surface area contributed by atoms with Crippen molar-refractivity contribution in [3.8, 4) is 16.9 Å². The van der Waals surface area contributed by atoms with E-state index in [4.69, 9.17) is 4.74 Å². The first kappa shape index (κ1) is 31.3. The van der Waals surface area contributed by atoms with Gasteiger partial charge in [-0.3, -0.25) is 4.79 Å².